The first-order chi connectivity index (χ1) is 7.46. The highest BCUT2D eigenvalue weighted by Gasteiger charge is 2.28. The third-order valence-electron chi connectivity index (χ3n) is 2.72. The van der Waals surface area contributed by atoms with Gasteiger partial charge in [-0.3, -0.25) is 0 Å². The molecule has 0 aliphatic rings. The fraction of sp³-hybridized carbons (Fsp3) is 0.538. The molecule has 0 heterocycles. The third kappa shape index (κ3) is 2.30. The summed E-state index contributed by atoms with van der Waals surface area (Å²) in [4.78, 5) is 0. The van der Waals surface area contributed by atoms with Crippen LogP contribution in [0.1, 0.15) is 25.0 Å². The quantitative estimate of drug-likeness (QED) is 0.852. The number of rotatable bonds is 4. The largest absolute Gasteiger partial charge is 0.496 e. The maximum Gasteiger partial charge on any atom is 0.126 e. The van der Waals surface area contributed by atoms with Gasteiger partial charge in [0.1, 0.15) is 11.5 Å². The van der Waals surface area contributed by atoms with Gasteiger partial charge in [0.05, 0.1) is 20.8 Å². The van der Waals surface area contributed by atoms with E-state index in [1.165, 1.54) is 0 Å². The van der Waals surface area contributed by atoms with Crippen LogP contribution in [0.3, 0.4) is 0 Å². The number of aryl methyl sites for hydroxylation is 1. The molecule has 0 atom stereocenters. The second-order valence-corrected chi connectivity index (χ2v) is 4.59. The van der Waals surface area contributed by atoms with E-state index in [4.69, 9.17) is 9.47 Å². The number of methoxy groups -OCH3 is 2. The maximum atomic E-state index is 9.45. The summed E-state index contributed by atoms with van der Waals surface area (Å²) in [5.41, 5.74) is 1.60. The molecular weight excluding hydrogens is 204 g/mol. The van der Waals surface area contributed by atoms with E-state index in [-0.39, 0.29) is 12.0 Å². The van der Waals surface area contributed by atoms with Crippen LogP contribution in [0, 0.1) is 6.92 Å². The smallest absolute Gasteiger partial charge is 0.126 e. The van der Waals surface area contributed by atoms with Gasteiger partial charge < -0.3 is 14.6 Å². The summed E-state index contributed by atoms with van der Waals surface area (Å²) < 4.78 is 10.7. The molecule has 3 heteroatoms. The lowest BCUT2D eigenvalue weighted by Gasteiger charge is -2.27. The molecule has 1 aromatic carbocycles. The highest BCUT2D eigenvalue weighted by Crippen LogP contribution is 2.39. The molecule has 3 nitrogen and oxygen atoms in total. The van der Waals surface area contributed by atoms with Crippen molar-refractivity contribution in [3.05, 3.63) is 23.3 Å². The Morgan fingerprint density at radius 1 is 1.12 bits per heavy atom. The Hall–Kier alpha value is -1.22. The molecule has 0 bridgehead atoms. The van der Waals surface area contributed by atoms with Crippen molar-refractivity contribution in [1.29, 1.82) is 0 Å². The maximum absolute atomic E-state index is 9.45. The summed E-state index contributed by atoms with van der Waals surface area (Å²) in [5.74, 6) is 1.52. The van der Waals surface area contributed by atoms with Crippen LogP contribution in [0.25, 0.3) is 0 Å². The van der Waals surface area contributed by atoms with Crippen molar-refractivity contribution in [3.63, 3.8) is 0 Å². The minimum absolute atomic E-state index is 0.0444. The zero-order valence-electron chi connectivity index (χ0n) is 10.6. The molecule has 1 aromatic rings. The number of ether oxygens (including phenoxy) is 2. The number of aliphatic hydroxyl groups is 1. The van der Waals surface area contributed by atoms with Crippen molar-refractivity contribution in [2.75, 3.05) is 20.8 Å². The van der Waals surface area contributed by atoms with Crippen LogP contribution in [0.5, 0.6) is 11.5 Å². The molecule has 0 aliphatic heterocycles. The Balaban J connectivity index is 3.44. The van der Waals surface area contributed by atoms with Crippen LogP contribution in [0.15, 0.2) is 12.1 Å². The predicted octanol–water partition coefficient (Wildman–Crippen LogP) is 2.28. The van der Waals surface area contributed by atoms with E-state index in [0.717, 1.165) is 22.6 Å². The van der Waals surface area contributed by atoms with Crippen molar-refractivity contribution in [3.8, 4) is 11.5 Å². The lowest BCUT2D eigenvalue weighted by Crippen LogP contribution is -2.24. The molecule has 0 spiro atoms. The van der Waals surface area contributed by atoms with Gasteiger partial charge in [-0.1, -0.05) is 13.8 Å². The van der Waals surface area contributed by atoms with Crippen molar-refractivity contribution in [1.82, 2.24) is 0 Å². The Morgan fingerprint density at radius 2 is 1.56 bits per heavy atom. The Labute approximate surface area is 97.0 Å². The molecular formula is C13H20O3. The van der Waals surface area contributed by atoms with Crippen molar-refractivity contribution in [2.24, 2.45) is 0 Å². The fourth-order valence-corrected chi connectivity index (χ4v) is 1.79. The number of benzene rings is 1. The fourth-order valence-electron chi connectivity index (χ4n) is 1.79. The van der Waals surface area contributed by atoms with Crippen LogP contribution >= 0.6 is 0 Å². The molecule has 0 aromatic heterocycles. The first-order valence-corrected chi connectivity index (χ1v) is 5.30. The second kappa shape index (κ2) is 4.74. The highest BCUT2D eigenvalue weighted by molar-refractivity contribution is 5.51. The summed E-state index contributed by atoms with van der Waals surface area (Å²) >= 11 is 0. The predicted molar refractivity (Wildman–Crippen MR) is 64.4 cm³/mol. The second-order valence-electron chi connectivity index (χ2n) is 4.59. The molecule has 0 saturated heterocycles. The first kappa shape index (κ1) is 12.8. The summed E-state index contributed by atoms with van der Waals surface area (Å²) in [6.45, 7) is 5.95. The van der Waals surface area contributed by atoms with E-state index in [2.05, 4.69) is 0 Å². The van der Waals surface area contributed by atoms with Gasteiger partial charge in [0.2, 0.25) is 0 Å². The van der Waals surface area contributed by atoms with Gasteiger partial charge in [0, 0.05) is 11.0 Å². The molecule has 0 radical (unpaired) electrons. The van der Waals surface area contributed by atoms with Gasteiger partial charge in [-0.2, -0.15) is 0 Å². The van der Waals surface area contributed by atoms with Crippen molar-refractivity contribution < 1.29 is 14.6 Å². The molecule has 0 fully saturated rings. The van der Waals surface area contributed by atoms with E-state index in [0.29, 0.717) is 0 Å². The average molecular weight is 224 g/mol. The van der Waals surface area contributed by atoms with Gasteiger partial charge in [-0.05, 0) is 24.6 Å². The van der Waals surface area contributed by atoms with E-state index >= 15 is 0 Å². The molecule has 0 amide bonds. The standard InChI is InChI=1S/C13H20O3/c1-9-6-10(15-4)12(11(7-9)16-5)13(2,3)8-14/h6-7,14H,8H2,1-5H3. The molecule has 1 rings (SSSR count). The summed E-state index contributed by atoms with van der Waals surface area (Å²) in [6, 6.07) is 3.91. The van der Waals surface area contributed by atoms with Gasteiger partial charge in [0.15, 0.2) is 0 Å². The molecule has 0 saturated carbocycles. The summed E-state index contributed by atoms with van der Waals surface area (Å²) in [7, 11) is 3.26. The Kier molecular flexibility index (Phi) is 3.81. The molecule has 16 heavy (non-hydrogen) atoms. The Morgan fingerprint density at radius 3 is 1.88 bits per heavy atom. The van der Waals surface area contributed by atoms with E-state index in [9.17, 15) is 5.11 Å². The molecule has 1 N–H and O–H groups in total. The van der Waals surface area contributed by atoms with Gasteiger partial charge in [-0.25, -0.2) is 0 Å². The van der Waals surface area contributed by atoms with Gasteiger partial charge >= 0.3 is 0 Å². The average Bonchev–Trinajstić information content (AvgIpc) is 2.27. The lowest BCUT2D eigenvalue weighted by atomic mass is 9.83. The summed E-state index contributed by atoms with van der Waals surface area (Å²) in [6.07, 6.45) is 0. The monoisotopic (exact) mass is 224 g/mol. The van der Waals surface area contributed by atoms with Crippen LogP contribution in [-0.4, -0.2) is 25.9 Å². The highest BCUT2D eigenvalue weighted by atomic mass is 16.5. The molecule has 0 unspecified atom stereocenters. The molecule has 0 aliphatic carbocycles. The summed E-state index contributed by atoms with van der Waals surface area (Å²) in [5, 5.41) is 9.45. The Bertz CT molecular complexity index is 344. The normalized spacial score (nSPS) is 11.4. The van der Waals surface area contributed by atoms with Crippen molar-refractivity contribution in [2.45, 2.75) is 26.2 Å². The number of hydrogen-bond acceptors (Lipinski definition) is 3. The lowest BCUT2D eigenvalue weighted by molar-refractivity contribution is 0.210. The minimum Gasteiger partial charge on any atom is -0.496 e. The van der Waals surface area contributed by atoms with Crippen LogP contribution in [0.2, 0.25) is 0 Å². The van der Waals surface area contributed by atoms with E-state index in [1.54, 1.807) is 14.2 Å². The van der Waals surface area contributed by atoms with Gasteiger partial charge in [-0.15, -0.1) is 0 Å². The van der Waals surface area contributed by atoms with Crippen molar-refractivity contribution >= 4 is 0 Å². The zero-order valence-corrected chi connectivity index (χ0v) is 10.6. The zero-order chi connectivity index (χ0) is 12.3. The SMILES string of the molecule is COc1cc(C)cc(OC)c1C(C)(C)CO. The minimum atomic E-state index is -0.385. The molecule has 90 valence electrons. The van der Waals surface area contributed by atoms with Crippen LogP contribution in [-0.2, 0) is 5.41 Å². The van der Waals surface area contributed by atoms with Crippen LogP contribution in [0.4, 0.5) is 0 Å². The van der Waals surface area contributed by atoms with Crippen LogP contribution < -0.4 is 9.47 Å². The van der Waals surface area contributed by atoms with Gasteiger partial charge in [0.25, 0.3) is 0 Å². The number of hydrogen-bond donors (Lipinski definition) is 1. The first-order valence-electron chi connectivity index (χ1n) is 5.30. The van der Waals surface area contributed by atoms with E-state index in [1.807, 2.05) is 32.9 Å². The third-order valence-corrected chi connectivity index (χ3v) is 2.72. The topological polar surface area (TPSA) is 38.7 Å². The van der Waals surface area contributed by atoms with E-state index < -0.39 is 0 Å². The number of aliphatic hydroxyl groups excluding tert-OH is 1.